The van der Waals surface area contributed by atoms with Crippen molar-refractivity contribution in [3.63, 3.8) is 0 Å². The molecule has 1 aromatic carbocycles. The van der Waals surface area contributed by atoms with Gasteiger partial charge >= 0.3 is 0 Å². The van der Waals surface area contributed by atoms with Gasteiger partial charge in [0, 0.05) is 32.0 Å². The summed E-state index contributed by atoms with van der Waals surface area (Å²) >= 11 is 0. The summed E-state index contributed by atoms with van der Waals surface area (Å²) in [6.07, 6.45) is 6.66. The van der Waals surface area contributed by atoms with Gasteiger partial charge in [-0.25, -0.2) is 4.98 Å². The molecule has 2 heterocycles. The average molecular weight is 489 g/mol. The van der Waals surface area contributed by atoms with Crippen LogP contribution in [0.4, 0.5) is 0 Å². The molecule has 1 fully saturated rings. The zero-order valence-electron chi connectivity index (χ0n) is 22.3. The Morgan fingerprint density at radius 2 is 2.06 bits per heavy atom. The van der Waals surface area contributed by atoms with Crippen LogP contribution in [0.5, 0.6) is 0 Å². The van der Waals surface area contributed by atoms with E-state index < -0.39 is 6.23 Å². The third-order valence-corrected chi connectivity index (χ3v) is 6.89. The molecule has 6 nitrogen and oxygen atoms in total. The average Bonchev–Trinajstić information content (AvgIpc) is 3.49. The number of aliphatic hydroxyl groups excluding tert-OH is 1. The Balaban J connectivity index is 1.80. The van der Waals surface area contributed by atoms with Gasteiger partial charge in [0.05, 0.1) is 18.3 Å². The number of methoxy groups -OCH3 is 1. The summed E-state index contributed by atoms with van der Waals surface area (Å²) in [7, 11) is 1.64. The lowest BCUT2D eigenvalue weighted by Crippen LogP contribution is -2.49. The number of nitrogens with zero attached hydrogens (tertiary/aromatic N) is 3. The van der Waals surface area contributed by atoms with E-state index in [1.54, 1.807) is 7.11 Å². The molecular formula is C30H40N4O2. The summed E-state index contributed by atoms with van der Waals surface area (Å²) < 4.78 is 7.67. The lowest BCUT2D eigenvalue weighted by molar-refractivity contribution is -0.0979. The van der Waals surface area contributed by atoms with Crippen LogP contribution in [0.15, 0.2) is 71.3 Å². The van der Waals surface area contributed by atoms with Gasteiger partial charge in [0.15, 0.2) is 0 Å². The number of allylic oxidation sites excluding steroid dienone is 4. The van der Waals surface area contributed by atoms with Crippen molar-refractivity contribution in [2.45, 2.75) is 52.9 Å². The number of benzene rings is 1. The first-order valence-electron chi connectivity index (χ1n) is 12.9. The van der Waals surface area contributed by atoms with Gasteiger partial charge < -0.3 is 19.7 Å². The minimum atomic E-state index is -0.730. The van der Waals surface area contributed by atoms with Gasteiger partial charge in [-0.3, -0.25) is 4.90 Å². The Hall–Kier alpha value is -2.69. The Morgan fingerprint density at radius 3 is 2.69 bits per heavy atom. The Bertz CT molecular complexity index is 1160. The summed E-state index contributed by atoms with van der Waals surface area (Å²) in [6, 6.07) is 10.2. The van der Waals surface area contributed by atoms with Crippen LogP contribution >= 0.6 is 0 Å². The number of imidazole rings is 1. The standard InChI is InChI=1S/C30H40N4O2/c1-22-10-9-11-23(16-22)18-33-20-26(25-12-7-6-8-13-25)32-29(33)28(30(2,3)4)34(27(35)21-36-5)19-24-14-15-31-17-24/h6-8,11-13,16,20,24,27-28,31,35H,14-15,17-19,21H2,1-5H3/t24-,27?,28-/m0/s1. The maximum absolute atomic E-state index is 11.3. The molecule has 2 aliphatic rings. The second-order valence-corrected chi connectivity index (χ2v) is 11.1. The highest BCUT2D eigenvalue weighted by Gasteiger charge is 2.40. The number of nitrogens with one attached hydrogen (secondary N) is 1. The first kappa shape index (κ1) is 26.4. The molecule has 0 spiro atoms. The van der Waals surface area contributed by atoms with E-state index in [4.69, 9.17) is 9.72 Å². The number of aliphatic hydroxyl groups is 1. The van der Waals surface area contributed by atoms with Gasteiger partial charge in [-0.1, -0.05) is 62.6 Å². The minimum absolute atomic E-state index is 0.124. The van der Waals surface area contributed by atoms with Crippen molar-refractivity contribution in [1.29, 1.82) is 0 Å². The van der Waals surface area contributed by atoms with E-state index in [-0.39, 0.29) is 18.1 Å². The van der Waals surface area contributed by atoms with Crippen LogP contribution in [-0.2, 0) is 11.3 Å². The first-order valence-corrected chi connectivity index (χ1v) is 12.9. The first-order chi connectivity index (χ1) is 17.3. The van der Waals surface area contributed by atoms with Crippen LogP contribution in [0.2, 0.25) is 0 Å². The fourth-order valence-electron chi connectivity index (χ4n) is 5.26. The monoisotopic (exact) mass is 488 g/mol. The highest BCUT2D eigenvalue weighted by molar-refractivity contribution is 5.58. The molecule has 192 valence electrons. The van der Waals surface area contributed by atoms with Crippen molar-refractivity contribution < 1.29 is 9.84 Å². The van der Waals surface area contributed by atoms with Crippen LogP contribution < -0.4 is 5.32 Å². The molecule has 2 aromatic rings. The van der Waals surface area contributed by atoms with Crippen LogP contribution in [0, 0.1) is 11.3 Å². The lowest BCUT2D eigenvalue weighted by Gasteiger charge is -2.43. The number of rotatable bonds is 10. The molecule has 0 amide bonds. The Morgan fingerprint density at radius 1 is 1.28 bits per heavy atom. The van der Waals surface area contributed by atoms with E-state index in [9.17, 15) is 5.11 Å². The number of hydrogen-bond acceptors (Lipinski definition) is 5. The maximum atomic E-state index is 11.3. The molecule has 6 heteroatoms. The van der Waals surface area contributed by atoms with Crippen molar-refractivity contribution in [1.82, 2.24) is 19.8 Å². The number of ether oxygens (including phenoxy) is 1. The molecule has 0 bridgehead atoms. The van der Waals surface area contributed by atoms with Gasteiger partial charge in [0.25, 0.3) is 0 Å². The Labute approximate surface area is 215 Å². The number of hydrogen-bond donors (Lipinski definition) is 2. The van der Waals surface area contributed by atoms with Gasteiger partial charge in [0.1, 0.15) is 12.1 Å². The van der Waals surface area contributed by atoms with E-state index in [0.29, 0.717) is 12.5 Å². The van der Waals surface area contributed by atoms with E-state index in [0.717, 1.165) is 54.3 Å². The van der Waals surface area contributed by atoms with Gasteiger partial charge in [-0.2, -0.15) is 0 Å². The van der Waals surface area contributed by atoms with E-state index >= 15 is 0 Å². The summed E-state index contributed by atoms with van der Waals surface area (Å²) in [5, 5.41) is 14.8. The van der Waals surface area contributed by atoms with Crippen molar-refractivity contribution in [2.75, 3.05) is 33.4 Å². The van der Waals surface area contributed by atoms with E-state index in [1.807, 2.05) is 31.2 Å². The topological polar surface area (TPSA) is 62.6 Å². The molecule has 2 N–H and O–H groups in total. The quantitative estimate of drug-likeness (QED) is 0.375. The fraction of sp³-hybridized carbons (Fsp3) is 0.500. The smallest absolute Gasteiger partial charge is 0.131 e. The predicted octanol–water partition coefficient (Wildman–Crippen LogP) is 4.71. The third-order valence-electron chi connectivity index (χ3n) is 6.89. The van der Waals surface area contributed by atoms with Crippen LogP contribution in [0.1, 0.15) is 46.0 Å². The second kappa shape index (κ2) is 11.6. The molecule has 3 atom stereocenters. The summed E-state index contributed by atoms with van der Waals surface area (Å²) in [4.78, 5) is 7.45. The molecule has 36 heavy (non-hydrogen) atoms. The molecule has 1 saturated heterocycles. The number of aromatic nitrogens is 2. The largest absolute Gasteiger partial charge is 0.381 e. The lowest BCUT2D eigenvalue weighted by atomic mass is 9.84. The molecule has 1 aromatic heterocycles. The summed E-state index contributed by atoms with van der Waals surface area (Å²) in [5.41, 5.74) is 10.3. The van der Waals surface area contributed by atoms with Crippen molar-refractivity contribution in [3.8, 4) is 11.3 Å². The zero-order chi connectivity index (χ0) is 25.7. The molecule has 0 radical (unpaired) electrons. The molecule has 4 rings (SSSR count). The molecule has 1 unspecified atom stereocenters. The molecule has 1 aliphatic carbocycles. The normalized spacial score (nSPS) is 19.5. The van der Waals surface area contributed by atoms with Gasteiger partial charge in [-0.05, 0) is 61.1 Å². The maximum Gasteiger partial charge on any atom is 0.131 e. The van der Waals surface area contributed by atoms with Gasteiger partial charge in [0.2, 0.25) is 0 Å². The molecule has 1 aliphatic heterocycles. The SMILES string of the molecule is COCC(O)N(C[C@H]1CCNC1)[C@@H](c1nc(-c2ccccc2)cn1CC1=CC(C)=C=C=C1)C(C)(C)C. The molecule has 0 saturated carbocycles. The van der Waals surface area contributed by atoms with E-state index in [2.05, 4.69) is 71.4 Å². The highest BCUT2D eigenvalue weighted by Crippen LogP contribution is 2.40. The summed E-state index contributed by atoms with van der Waals surface area (Å²) in [5.74, 6) is 1.42. The van der Waals surface area contributed by atoms with Crippen molar-refractivity contribution >= 4 is 0 Å². The minimum Gasteiger partial charge on any atom is -0.381 e. The van der Waals surface area contributed by atoms with Crippen molar-refractivity contribution in [2.24, 2.45) is 11.3 Å². The van der Waals surface area contributed by atoms with Crippen LogP contribution in [0.25, 0.3) is 11.3 Å². The molecular weight excluding hydrogens is 448 g/mol. The Kier molecular flexibility index (Phi) is 8.48. The third kappa shape index (κ3) is 6.35. The predicted molar refractivity (Wildman–Crippen MR) is 144 cm³/mol. The zero-order valence-corrected chi connectivity index (χ0v) is 22.3. The van der Waals surface area contributed by atoms with E-state index in [1.165, 1.54) is 0 Å². The second-order valence-electron chi connectivity index (χ2n) is 11.1. The van der Waals surface area contributed by atoms with Gasteiger partial charge in [-0.15, -0.1) is 0 Å². The highest BCUT2D eigenvalue weighted by atomic mass is 16.5. The van der Waals surface area contributed by atoms with Crippen molar-refractivity contribution in [3.05, 3.63) is 77.1 Å². The summed E-state index contributed by atoms with van der Waals surface area (Å²) in [6.45, 7) is 12.4. The van der Waals surface area contributed by atoms with Crippen LogP contribution in [-0.4, -0.2) is 59.1 Å². The van der Waals surface area contributed by atoms with Crippen LogP contribution in [0.3, 0.4) is 0 Å². The fourth-order valence-corrected chi connectivity index (χ4v) is 5.26.